The molecule has 2 aliphatic heterocycles. The van der Waals surface area contributed by atoms with Gasteiger partial charge in [-0.15, -0.1) is 0 Å². The monoisotopic (exact) mass is 290 g/mol. The minimum absolute atomic E-state index is 0.307. The number of hydrogen-bond acceptors (Lipinski definition) is 5. The molecule has 0 amide bonds. The van der Waals surface area contributed by atoms with E-state index in [0.29, 0.717) is 26.2 Å². The van der Waals surface area contributed by atoms with E-state index in [-0.39, 0.29) is 5.78 Å². The van der Waals surface area contributed by atoms with E-state index in [0.717, 1.165) is 26.2 Å². The largest absolute Gasteiger partial charge is 0.314 e. The molecule has 0 aromatic carbocycles. The summed E-state index contributed by atoms with van der Waals surface area (Å²) in [5, 5.41) is 6.34. The topological polar surface area (TPSA) is 47.6 Å². The summed E-state index contributed by atoms with van der Waals surface area (Å²) < 4.78 is 26.6. The van der Waals surface area contributed by atoms with Gasteiger partial charge in [0, 0.05) is 52.4 Å². The Kier molecular flexibility index (Phi) is 6.28. The van der Waals surface area contributed by atoms with Crippen molar-refractivity contribution in [2.75, 3.05) is 65.7 Å². The van der Waals surface area contributed by atoms with Crippen LogP contribution in [0, 0.1) is 0 Å². The predicted molar refractivity (Wildman–Crippen MR) is 73.4 cm³/mol. The van der Waals surface area contributed by atoms with Crippen molar-refractivity contribution < 1.29 is 13.6 Å². The van der Waals surface area contributed by atoms with Gasteiger partial charge >= 0.3 is 0 Å². The first-order chi connectivity index (χ1) is 9.77. The van der Waals surface area contributed by atoms with Crippen LogP contribution in [-0.2, 0) is 4.79 Å². The highest BCUT2D eigenvalue weighted by atomic mass is 19.1. The number of nitrogens with one attached hydrogen (secondary N) is 2. The molecule has 0 radical (unpaired) electrons. The van der Waals surface area contributed by atoms with Crippen LogP contribution in [0.2, 0.25) is 0 Å². The minimum atomic E-state index is -0.798. The quantitative estimate of drug-likeness (QED) is 0.660. The van der Waals surface area contributed by atoms with Crippen LogP contribution in [0.25, 0.3) is 0 Å². The fourth-order valence-electron chi connectivity index (χ4n) is 2.92. The molecule has 0 aromatic rings. The van der Waals surface area contributed by atoms with Gasteiger partial charge in [0.25, 0.3) is 0 Å². The summed E-state index contributed by atoms with van der Waals surface area (Å²) in [6.07, 6.45) is 0. The summed E-state index contributed by atoms with van der Waals surface area (Å²) in [4.78, 5) is 16.2. The number of piperazine rings is 2. The summed E-state index contributed by atoms with van der Waals surface area (Å²) in [7, 11) is 0. The maximum atomic E-state index is 13.3. The molecule has 2 aliphatic rings. The number of alkyl halides is 2. The van der Waals surface area contributed by atoms with Crippen LogP contribution in [0.15, 0.2) is 0 Å². The van der Waals surface area contributed by atoms with Gasteiger partial charge in [-0.25, -0.2) is 8.78 Å². The lowest BCUT2D eigenvalue weighted by atomic mass is 10.0. The van der Waals surface area contributed by atoms with Crippen LogP contribution in [-0.4, -0.2) is 93.4 Å². The first-order valence-electron chi connectivity index (χ1n) is 7.33. The van der Waals surface area contributed by atoms with E-state index < -0.39 is 25.4 Å². The molecule has 2 saturated heterocycles. The molecule has 0 aromatic heterocycles. The molecule has 2 heterocycles. The lowest BCUT2D eigenvalue weighted by Gasteiger charge is -2.38. The normalized spacial score (nSPS) is 25.3. The zero-order chi connectivity index (χ0) is 14.4. The molecule has 20 heavy (non-hydrogen) atoms. The van der Waals surface area contributed by atoms with Crippen molar-refractivity contribution >= 4 is 5.78 Å². The van der Waals surface area contributed by atoms with E-state index in [9.17, 15) is 13.6 Å². The second-order valence-corrected chi connectivity index (χ2v) is 5.31. The lowest BCUT2D eigenvalue weighted by Crippen LogP contribution is -2.59. The molecule has 2 atom stereocenters. The van der Waals surface area contributed by atoms with Crippen molar-refractivity contribution in [3.8, 4) is 0 Å². The molecular formula is C13H24F2N4O. The Morgan fingerprint density at radius 1 is 0.850 bits per heavy atom. The highest BCUT2D eigenvalue weighted by molar-refractivity contribution is 5.89. The number of halogens is 2. The molecule has 2 fully saturated rings. The van der Waals surface area contributed by atoms with E-state index in [2.05, 4.69) is 10.6 Å². The van der Waals surface area contributed by atoms with Crippen LogP contribution in [0.5, 0.6) is 0 Å². The Morgan fingerprint density at radius 2 is 1.20 bits per heavy atom. The molecule has 5 nitrogen and oxygen atoms in total. The Bertz CT molecular complexity index is 279. The number of rotatable bonds is 6. The standard InChI is InChI=1S/C13H24F2N4O/c14-9-11(18-5-1-16-2-6-18)13(20)12(10-15)19-7-3-17-4-8-19/h11-12,16-17H,1-10H2. The Labute approximate surface area is 118 Å². The van der Waals surface area contributed by atoms with E-state index in [1.54, 1.807) is 0 Å². The number of hydrogen-bond donors (Lipinski definition) is 2. The SMILES string of the molecule is O=C(C(CF)N1CCNCC1)C(CF)N1CCNCC1. The van der Waals surface area contributed by atoms with Crippen LogP contribution in [0.4, 0.5) is 8.78 Å². The number of carbonyl (C=O) groups is 1. The number of Topliss-reactive ketones (excluding diaryl/α,β-unsaturated/α-hetero) is 1. The molecule has 0 bridgehead atoms. The third kappa shape index (κ3) is 3.72. The number of ketones is 1. The van der Waals surface area contributed by atoms with E-state index in [4.69, 9.17) is 0 Å². The Hall–Kier alpha value is -0.630. The molecule has 7 heteroatoms. The minimum Gasteiger partial charge on any atom is -0.314 e. The third-order valence-corrected chi connectivity index (χ3v) is 4.13. The van der Waals surface area contributed by atoms with E-state index in [1.165, 1.54) is 0 Å². The fraction of sp³-hybridized carbons (Fsp3) is 0.923. The van der Waals surface area contributed by atoms with Gasteiger partial charge in [0.05, 0.1) is 12.1 Å². The maximum absolute atomic E-state index is 13.3. The van der Waals surface area contributed by atoms with Gasteiger partial charge in [-0.1, -0.05) is 0 Å². The zero-order valence-corrected chi connectivity index (χ0v) is 11.8. The van der Waals surface area contributed by atoms with Gasteiger partial charge in [-0.3, -0.25) is 14.6 Å². The first-order valence-corrected chi connectivity index (χ1v) is 7.33. The van der Waals surface area contributed by atoms with Gasteiger partial charge in [0.2, 0.25) is 0 Å². The lowest BCUT2D eigenvalue weighted by molar-refractivity contribution is -0.131. The van der Waals surface area contributed by atoms with E-state index in [1.807, 2.05) is 9.80 Å². The Morgan fingerprint density at radius 3 is 1.50 bits per heavy atom. The van der Waals surface area contributed by atoms with Crippen molar-refractivity contribution in [2.45, 2.75) is 12.1 Å². The van der Waals surface area contributed by atoms with Gasteiger partial charge in [-0.2, -0.15) is 0 Å². The average molecular weight is 290 g/mol. The van der Waals surface area contributed by atoms with Crippen molar-refractivity contribution in [1.82, 2.24) is 20.4 Å². The molecule has 0 spiro atoms. The first kappa shape index (κ1) is 15.8. The van der Waals surface area contributed by atoms with Gasteiger partial charge in [0.1, 0.15) is 13.3 Å². The van der Waals surface area contributed by atoms with Crippen molar-refractivity contribution in [3.63, 3.8) is 0 Å². The van der Waals surface area contributed by atoms with Gasteiger partial charge < -0.3 is 10.6 Å². The number of nitrogens with zero attached hydrogens (tertiary/aromatic N) is 2. The summed E-state index contributed by atoms with van der Waals surface area (Å²) >= 11 is 0. The Balaban J connectivity index is 2.00. The highest BCUT2D eigenvalue weighted by Crippen LogP contribution is 2.12. The van der Waals surface area contributed by atoms with Crippen molar-refractivity contribution in [1.29, 1.82) is 0 Å². The zero-order valence-electron chi connectivity index (χ0n) is 11.8. The van der Waals surface area contributed by atoms with Crippen LogP contribution in [0.3, 0.4) is 0 Å². The van der Waals surface area contributed by atoms with Crippen LogP contribution >= 0.6 is 0 Å². The predicted octanol–water partition coefficient (Wildman–Crippen LogP) is -0.958. The summed E-state index contributed by atoms with van der Waals surface area (Å²) in [5.41, 5.74) is 0. The molecule has 2 unspecified atom stereocenters. The maximum Gasteiger partial charge on any atom is 0.172 e. The van der Waals surface area contributed by atoms with Gasteiger partial charge in [-0.05, 0) is 0 Å². The molecular weight excluding hydrogens is 266 g/mol. The molecule has 0 saturated carbocycles. The molecule has 116 valence electrons. The highest BCUT2D eigenvalue weighted by Gasteiger charge is 2.35. The number of carbonyl (C=O) groups excluding carboxylic acids is 1. The third-order valence-electron chi connectivity index (χ3n) is 4.13. The smallest absolute Gasteiger partial charge is 0.172 e. The van der Waals surface area contributed by atoms with Crippen molar-refractivity contribution in [2.24, 2.45) is 0 Å². The second kappa shape index (κ2) is 7.97. The fourth-order valence-corrected chi connectivity index (χ4v) is 2.92. The van der Waals surface area contributed by atoms with Gasteiger partial charge in [0.15, 0.2) is 5.78 Å². The molecule has 2 N–H and O–H groups in total. The summed E-state index contributed by atoms with van der Waals surface area (Å²) in [5.74, 6) is -0.307. The van der Waals surface area contributed by atoms with Crippen LogP contribution < -0.4 is 10.6 Å². The molecule has 0 aliphatic carbocycles. The van der Waals surface area contributed by atoms with E-state index >= 15 is 0 Å². The second-order valence-electron chi connectivity index (χ2n) is 5.31. The van der Waals surface area contributed by atoms with Crippen molar-refractivity contribution in [3.05, 3.63) is 0 Å². The summed E-state index contributed by atoms with van der Waals surface area (Å²) in [6, 6.07) is -1.60. The average Bonchev–Trinajstić information content (AvgIpc) is 2.51. The van der Waals surface area contributed by atoms with Crippen LogP contribution in [0.1, 0.15) is 0 Å². The summed E-state index contributed by atoms with van der Waals surface area (Å²) in [6.45, 7) is 4.08. The molecule has 2 rings (SSSR count).